The van der Waals surface area contributed by atoms with Crippen molar-refractivity contribution in [3.05, 3.63) is 45.8 Å². The second-order valence-corrected chi connectivity index (χ2v) is 7.62. The molecule has 0 aliphatic carbocycles. The lowest BCUT2D eigenvalue weighted by atomic mass is 9.96. The van der Waals surface area contributed by atoms with Gasteiger partial charge in [-0.2, -0.15) is 5.10 Å². The second kappa shape index (κ2) is 8.62. The van der Waals surface area contributed by atoms with Crippen molar-refractivity contribution in [1.29, 1.82) is 0 Å². The van der Waals surface area contributed by atoms with Gasteiger partial charge in [0.25, 0.3) is 17.5 Å². The first-order chi connectivity index (χ1) is 14.9. The molecule has 3 heterocycles. The molecule has 0 saturated carbocycles. The number of nitrogens with one attached hydrogen (secondary N) is 1. The van der Waals surface area contributed by atoms with Crippen LogP contribution in [0.4, 0.5) is 5.69 Å². The van der Waals surface area contributed by atoms with Gasteiger partial charge in [-0.1, -0.05) is 0 Å². The average Bonchev–Trinajstić information content (AvgIpc) is 3.22. The van der Waals surface area contributed by atoms with E-state index in [2.05, 4.69) is 10.4 Å². The second-order valence-electron chi connectivity index (χ2n) is 7.62. The summed E-state index contributed by atoms with van der Waals surface area (Å²) in [5, 5.41) is 18.4. The molecule has 0 spiro atoms. The van der Waals surface area contributed by atoms with E-state index in [1.54, 1.807) is 22.8 Å². The van der Waals surface area contributed by atoms with Crippen LogP contribution in [-0.4, -0.2) is 64.3 Å². The molecule has 11 heteroatoms. The van der Waals surface area contributed by atoms with Gasteiger partial charge in [-0.25, -0.2) is 0 Å². The third-order valence-electron chi connectivity index (χ3n) is 5.51. The Bertz CT molecular complexity index is 1010. The number of hydrogen-bond donors (Lipinski definition) is 1. The number of nitro benzene ring substituents is 1. The van der Waals surface area contributed by atoms with Crippen LogP contribution in [-0.2, 0) is 7.05 Å². The molecule has 0 radical (unpaired) electrons. The third kappa shape index (κ3) is 4.44. The van der Waals surface area contributed by atoms with Gasteiger partial charge >= 0.3 is 0 Å². The van der Waals surface area contributed by atoms with Gasteiger partial charge in [-0.15, -0.1) is 0 Å². The number of ether oxygens (including phenoxy) is 2. The number of rotatable bonds is 5. The molecule has 1 aromatic carbocycles. The van der Waals surface area contributed by atoms with Crippen LogP contribution < -0.4 is 14.8 Å². The van der Waals surface area contributed by atoms with Gasteiger partial charge < -0.3 is 19.7 Å². The highest BCUT2D eigenvalue weighted by atomic mass is 16.6. The molecule has 2 aliphatic rings. The number of carbonyl (C=O) groups excluding carboxylic acids is 2. The number of nitro groups is 1. The standard InChI is InChI=1S/C20H23N5O6/c1-23-12-14(11-22-23)19(26)21-10-13-2-4-24(5-3-13)20(27)15-8-17-18(31-7-6-30-17)9-16(15)25(28)29/h8-9,11-13H,2-7,10H2,1H3,(H,21,26). The predicted octanol–water partition coefficient (Wildman–Crippen LogP) is 1.38. The van der Waals surface area contributed by atoms with Gasteiger partial charge in [-0.05, 0) is 18.8 Å². The molecule has 2 aromatic rings. The first kappa shape index (κ1) is 20.6. The van der Waals surface area contributed by atoms with Crippen LogP contribution in [0, 0.1) is 16.0 Å². The fourth-order valence-corrected chi connectivity index (χ4v) is 3.79. The quantitative estimate of drug-likeness (QED) is 0.561. The minimum absolute atomic E-state index is 0.00224. The molecule has 0 bridgehead atoms. The number of aromatic nitrogens is 2. The highest BCUT2D eigenvalue weighted by Gasteiger charge is 2.31. The number of piperidine rings is 1. The molecule has 164 valence electrons. The zero-order chi connectivity index (χ0) is 22.0. The highest BCUT2D eigenvalue weighted by molar-refractivity contribution is 5.99. The Morgan fingerprint density at radius 2 is 1.90 bits per heavy atom. The summed E-state index contributed by atoms with van der Waals surface area (Å²) >= 11 is 0. The summed E-state index contributed by atoms with van der Waals surface area (Å²) in [6.45, 7) is 2.05. The lowest BCUT2D eigenvalue weighted by Crippen LogP contribution is -2.41. The smallest absolute Gasteiger partial charge is 0.286 e. The molecule has 1 saturated heterocycles. The topological polar surface area (TPSA) is 129 Å². The summed E-state index contributed by atoms with van der Waals surface area (Å²) in [5.41, 5.74) is 0.207. The number of carbonyl (C=O) groups is 2. The van der Waals surface area contributed by atoms with Crippen molar-refractivity contribution in [3.63, 3.8) is 0 Å². The maximum Gasteiger partial charge on any atom is 0.286 e. The molecular formula is C20H23N5O6. The number of amides is 2. The zero-order valence-electron chi connectivity index (χ0n) is 17.1. The van der Waals surface area contributed by atoms with Crippen molar-refractivity contribution in [2.45, 2.75) is 12.8 Å². The van der Waals surface area contributed by atoms with Crippen LogP contribution in [0.5, 0.6) is 11.5 Å². The van der Waals surface area contributed by atoms with E-state index in [-0.39, 0.29) is 28.8 Å². The van der Waals surface area contributed by atoms with E-state index in [9.17, 15) is 19.7 Å². The van der Waals surface area contributed by atoms with E-state index in [1.165, 1.54) is 18.3 Å². The van der Waals surface area contributed by atoms with Crippen LogP contribution in [0.1, 0.15) is 33.6 Å². The van der Waals surface area contributed by atoms with Crippen molar-refractivity contribution in [2.24, 2.45) is 13.0 Å². The third-order valence-corrected chi connectivity index (χ3v) is 5.51. The van der Waals surface area contributed by atoms with Crippen molar-refractivity contribution < 1.29 is 24.0 Å². The van der Waals surface area contributed by atoms with Gasteiger partial charge in [0.1, 0.15) is 18.8 Å². The summed E-state index contributed by atoms with van der Waals surface area (Å²) in [5.74, 6) is 0.255. The van der Waals surface area contributed by atoms with E-state index < -0.39 is 10.8 Å². The Morgan fingerprint density at radius 3 is 2.52 bits per heavy atom. The van der Waals surface area contributed by atoms with Crippen LogP contribution in [0.3, 0.4) is 0 Å². The van der Waals surface area contributed by atoms with Gasteiger partial charge in [0.2, 0.25) is 0 Å². The molecule has 31 heavy (non-hydrogen) atoms. The lowest BCUT2D eigenvalue weighted by Gasteiger charge is -2.32. The normalized spacial score (nSPS) is 16.1. The summed E-state index contributed by atoms with van der Waals surface area (Å²) < 4.78 is 12.4. The fraction of sp³-hybridized carbons (Fsp3) is 0.450. The Balaban J connectivity index is 1.37. The summed E-state index contributed by atoms with van der Waals surface area (Å²) in [7, 11) is 1.75. The van der Waals surface area contributed by atoms with Crippen molar-refractivity contribution in [3.8, 4) is 11.5 Å². The summed E-state index contributed by atoms with van der Waals surface area (Å²) in [6.07, 6.45) is 4.54. The number of aryl methyl sites for hydroxylation is 1. The zero-order valence-corrected chi connectivity index (χ0v) is 17.1. The van der Waals surface area contributed by atoms with E-state index in [1.807, 2.05) is 0 Å². The largest absolute Gasteiger partial charge is 0.486 e. The highest BCUT2D eigenvalue weighted by Crippen LogP contribution is 2.37. The van der Waals surface area contributed by atoms with Crippen LogP contribution in [0.15, 0.2) is 24.5 Å². The van der Waals surface area contributed by atoms with Crippen molar-refractivity contribution >= 4 is 17.5 Å². The predicted molar refractivity (Wildman–Crippen MR) is 108 cm³/mol. The number of benzene rings is 1. The van der Waals surface area contributed by atoms with Crippen LogP contribution >= 0.6 is 0 Å². The molecule has 0 atom stereocenters. The van der Waals surface area contributed by atoms with Crippen molar-refractivity contribution in [1.82, 2.24) is 20.0 Å². The molecule has 0 unspecified atom stereocenters. The average molecular weight is 429 g/mol. The molecule has 11 nitrogen and oxygen atoms in total. The monoisotopic (exact) mass is 429 g/mol. The first-order valence-electron chi connectivity index (χ1n) is 10.1. The minimum atomic E-state index is -0.577. The van der Waals surface area contributed by atoms with Crippen molar-refractivity contribution in [2.75, 3.05) is 32.8 Å². The molecule has 1 N–H and O–H groups in total. The summed E-state index contributed by atoms with van der Waals surface area (Å²) in [4.78, 5) is 37.7. The Kier molecular flexibility index (Phi) is 5.74. The van der Waals surface area contributed by atoms with E-state index in [4.69, 9.17) is 9.47 Å². The first-order valence-corrected chi connectivity index (χ1v) is 10.1. The summed E-state index contributed by atoms with van der Waals surface area (Å²) in [6, 6.07) is 2.65. The molecule has 1 fully saturated rings. The molecule has 2 amide bonds. The SMILES string of the molecule is Cn1cc(C(=O)NCC2CCN(C(=O)c3cc4c(cc3[N+](=O)[O-])OCCO4)CC2)cn1. The van der Waals surface area contributed by atoms with Gasteiger partial charge in [-0.3, -0.25) is 24.4 Å². The van der Waals surface area contributed by atoms with E-state index in [0.717, 1.165) is 0 Å². The van der Waals surface area contributed by atoms with E-state index in [0.29, 0.717) is 57.0 Å². The Morgan fingerprint density at radius 1 is 1.23 bits per heavy atom. The van der Waals surface area contributed by atoms with E-state index >= 15 is 0 Å². The Hall–Kier alpha value is -3.63. The maximum absolute atomic E-state index is 13.0. The van der Waals surface area contributed by atoms with Crippen LogP contribution in [0.2, 0.25) is 0 Å². The number of hydrogen-bond acceptors (Lipinski definition) is 7. The van der Waals surface area contributed by atoms with Crippen LogP contribution in [0.25, 0.3) is 0 Å². The molecular weight excluding hydrogens is 406 g/mol. The number of fused-ring (bicyclic) bond motifs is 1. The maximum atomic E-state index is 13.0. The number of nitrogens with zero attached hydrogens (tertiary/aromatic N) is 4. The minimum Gasteiger partial charge on any atom is -0.486 e. The fourth-order valence-electron chi connectivity index (χ4n) is 3.79. The lowest BCUT2D eigenvalue weighted by molar-refractivity contribution is -0.385. The van der Waals surface area contributed by atoms with Gasteiger partial charge in [0, 0.05) is 38.9 Å². The molecule has 2 aliphatic heterocycles. The van der Waals surface area contributed by atoms with Gasteiger partial charge in [0.15, 0.2) is 11.5 Å². The number of likely N-dealkylation sites (tertiary alicyclic amines) is 1. The van der Waals surface area contributed by atoms with Gasteiger partial charge in [0.05, 0.1) is 22.7 Å². The molecule has 4 rings (SSSR count). The Labute approximate surface area is 178 Å². The molecule has 1 aromatic heterocycles.